The smallest absolute Gasteiger partial charge is 0.265 e. The van der Waals surface area contributed by atoms with E-state index in [1.54, 1.807) is 0 Å². The van der Waals surface area contributed by atoms with Crippen LogP contribution >= 0.6 is 0 Å². The molecule has 18 heavy (non-hydrogen) atoms. The van der Waals surface area contributed by atoms with Gasteiger partial charge in [-0.05, 0) is 18.2 Å². The molecule has 9 nitrogen and oxygen atoms in total. The van der Waals surface area contributed by atoms with Crippen molar-refractivity contribution in [2.45, 2.75) is 0 Å². The zero-order valence-corrected chi connectivity index (χ0v) is 8.80. The largest absolute Gasteiger partial charge is 0.294 e. The van der Waals surface area contributed by atoms with E-state index in [1.165, 1.54) is 0 Å². The summed E-state index contributed by atoms with van der Waals surface area (Å²) in [5.74, 6) is -2.89. The van der Waals surface area contributed by atoms with E-state index in [2.05, 4.69) is 15.3 Å². The van der Waals surface area contributed by atoms with E-state index in [-0.39, 0.29) is 16.7 Å². The molecule has 0 aliphatic rings. The summed E-state index contributed by atoms with van der Waals surface area (Å²) in [6.07, 6.45) is 0. The first-order valence-electron chi connectivity index (χ1n) is 4.44. The van der Waals surface area contributed by atoms with Crippen molar-refractivity contribution in [3.63, 3.8) is 0 Å². The molecule has 3 amide bonds. The van der Waals surface area contributed by atoms with E-state index in [4.69, 9.17) is 16.6 Å². The number of rotatable bonds is 3. The molecule has 1 aromatic rings. The van der Waals surface area contributed by atoms with Gasteiger partial charge in [0.25, 0.3) is 17.7 Å². The number of hydrogen-bond donors (Lipinski definition) is 3. The molecule has 0 fully saturated rings. The van der Waals surface area contributed by atoms with Crippen molar-refractivity contribution in [2.75, 3.05) is 0 Å². The first kappa shape index (κ1) is 13.1. The monoisotopic (exact) mass is 246 g/mol. The molecule has 0 heterocycles. The van der Waals surface area contributed by atoms with Crippen molar-refractivity contribution in [2.24, 2.45) is 15.3 Å². The predicted molar refractivity (Wildman–Crippen MR) is 54.9 cm³/mol. The quantitative estimate of drug-likeness (QED) is 0.698. The third kappa shape index (κ3) is 2.58. The summed E-state index contributed by atoms with van der Waals surface area (Å²) in [5, 5.41) is 7.93. The van der Waals surface area contributed by atoms with Crippen molar-refractivity contribution in [3.05, 3.63) is 34.9 Å². The Bertz CT molecular complexity index is 486. The van der Waals surface area contributed by atoms with Crippen LogP contribution in [0.4, 0.5) is 0 Å². The Kier molecular flexibility index (Phi) is 3.92. The number of hydrogen-bond acceptors (Lipinski definition) is 6. The molecule has 1 rings (SSSR count). The normalized spacial score (nSPS) is 9.33. The Balaban J connectivity index is 3.46. The summed E-state index contributed by atoms with van der Waals surface area (Å²) in [4.78, 5) is 33.6. The van der Waals surface area contributed by atoms with Crippen molar-refractivity contribution in [3.8, 4) is 0 Å². The average molecular weight is 246 g/mol. The zero-order chi connectivity index (χ0) is 13.7. The Morgan fingerprint density at radius 3 is 1.06 bits per heavy atom. The molecule has 0 saturated heterocycles. The van der Waals surface area contributed by atoms with Crippen LogP contribution in [-0.2, 0) is 0 Å². The molecule has 0 aliphatic heterocycles. The second kappa shape index (κ2) is 5.39. The Hall–Kier alpha value is -2.97. The van der Waals surface area contributed by atoms with Gasteiger partial charge in [-0.1, -0.05) is 0 Å². The fraction of sp³-hybridized carbons (Fsp3) is 0. The lowest BCUT2D eigenvalue weighted by Crippen LogP contribution is -2.04. The lowest BCUT2D eigenvalue weighted by molar-refractivity contribution is 0.0990. The van der Waals surface area contributed by atoms with Gasteiger partial charge < -0.3 is 0 Å². The van der Waals surface area contributed by atoms with E-state index >= 15 is 0 Å². The molecule has 0 aliphatic carbocycles. The summed E-state index contributed by atoms with van der Waals surface area (Å²) in [6, 6.07) is 3.17. The van der Waals surface area contributed by atoms with Crippen LogP contribution in [0.3, 0.4) is 0 Å². The molecule has 9 heteroatoms. The van der Waals surface area contributed by atoms with Gasteiger partial charge in [-0.2, -0.15) is 0 Å². The minimum Gasteiger partial charge on any atom is -0.265 e. The molecular formula is C9H6N6O3. The number of nitrogens with zero attached hydrogens (tertiary/aromatic N) is 3. The Morgan fingerprint density at radius 2 is 0.889 bits per heavy atom. The summed E-state index contributed by atoms with van der Waals surface area (Å²) in [5.41, 5.74) is 19.2. The topological polar surface area (TPSA) is 160 Å². The van der Waals surface area contributed by atoms with Crippen LogP contribution in [0.2, 0.25) is 0 Å². The molecule has 1 aromatic carbocycles. The number of carbonyl (C=O) groups excluding carboxylic acids is 3. The summed E-state index contributed by atoms with van der Waals surface area (Å²) >= 11 is 0. The number of carbonyl (C=O) groups is 3. The van der Waals surface area contributed by atoms with E-state index in [1.807, 2.05) is 0 Å². The molecule has 0 saturated carbocycles. The van der Waals surface area contributed by atoms with E-state index in [0.29, 0.717) is 0 Å². The molecule has 90 valence electrons. The molecule has 0 aromatic heterocycles. The first-order chi connectivity index (χ1) is 8.53. The summed E-state index contributed by atoms with van der Waals surface area (Å²) in [7, 11) is 0. The van der Waals surface area contributed by atoms with Crippen molar-refractivity contribution in [1.82, 2.24) is 0 Å². The third-order valence-corrected chi connectivity index (χ3v) is 1.98. The minimum atomic E-state index is -0.964. The van der Waals surface area contributed by atoms with Crippen molar-refractivity contribution >= 4 is 17.7 Å². The highest BCUT2D eigenvalue weighted by atomic mass is 16.2. The van der Waals surface area contributed by atoms with Gasteiger partial charge in [-0.25, -0.2) is 16.6 Å². The minimum absolute atomic E-state index is 0.188. The van der Waals surface area contributed by atoms with Crippen LogP contribution in [0.1, 0.15) is 31.1 Å². The third-order valence-electron chi connectivity index (χ3n) is 1.98. The number of nitrogens with one attached hydrogen (secondary N) is 3. The van der Waals surface area contributed by atoms with Gasteiger partial charge in [0.05, 0.1) is 0 Å². The maximum absolute atomic E-state index is 11.2. The molecule has 0 atom stereocenters. The van der Waals surface area contributed by atoms with E-state index in [0.717, 1.165) is 18.2 Å². The van der Waals surface area contributed by atoms with E-state index in [9.17, 15) is 14.4 Å². The zero-order valence-electron chi connectivity index (χ0n) is 8.80. The van der Waals surface area contributed by atoms with E-state index < -0.39 is 17.7 Å². The van der Waals surface area contributed by atoms with Crippen molar-refractivity contribution < 1.29 is 14.4 Å². The number of benzene rings is 1. The van der Waals surface area contributed by atoms with Gasteiger partial charge in [-0.15, -0.1) is 15.3 Å². The highest BCUT2D eigenvalue weighted by Gasteiger charge is 2.15. The average Bonchev–Trinajstić information content (AvgIpc) is 2.43. The lowest BCUT2D eigenvalue weighted by Gasteiger charge is -2.01. The van der Waals surface area contributed by atoms with Crippen LogP contribution in [0.25, 0.3) is 0 Å². The number of amides is 3. The van der Waals surface area contributed by atoms with Gasteiger partial charge in [0.15, 0.2) is 0 Å². The van der Waals surface area contributed by atoms with Gasteiger partial charge in [0, 0.05) is 16.7 Å². The van der Waals surface area contributed by atoms with Gasteiger partial charge in [-0.3, -0.25) is 14.4 Å². The molecular weight excluding hydrogens is 240 g/mol. The Morgan fingerprint density at radius 1 is 0.667 bits per heavy atom. The fourth-order valence-corrected chi connectivity index (χ4v) is 1.19. The van der Waals surface area contributed by atoms with Crippen molar-refractivity contribution in [1.29, 1.82) is 16.6 Å². The molecule has 3 N–H and O–H groups in total. The van der Waals surface area contributed by atoms with Gasteiger partial charge >= 0.3 is 0 Å². The summed E-state index contributed by atoms with van der Waals surface area (Å²) < 4.78 is 0. The SMILES string of the molecule is N=NC(=O)c1cc(C(=O)N=N)cc(C(=O)N=N)c1. The van der Waals surface area contributed by atoms with Gasteiger partial charge in [0.1, 0.15) is 0 Å². The van der Waals surface area contributed by atoms with Crippen LogP contribution in [0.15, 0.2) is 33.5 Å². The van der Waals surface area contributed by atoms with Gasteiger partial charge in [0.2, 0.25) is 0 Å². The lowest BCUT2D eigenvalue weighted by atomic mass is 10.0. The summed E-state index contributed by atoms with van der Waals surface area (Å²) in [6.45, 7) is 0. The van der Waals surface area contributed by atoms with Crippen LogP contribution in [0, 0.1) is 16.6 Å². The molecule has 0 spiro atoms. The molecule has 0 radical (unpaired) electrons. The van der Waals surface area contributed by atoms with Crippen LogP contribution in [0.5, 0.6) is 0 Å². The fourth-order valence-electron chi connectivity index (χ4n) is 1.19. The highest BCUT2D eigenvalue weighted by Crippen LogP contribution is 2.14. The standard InChI is InChI=1S/C9H6N6O3/c10-13-7(16)4-1-5(8(17)14-11)3-6(2-4)9(18)15-12/h1-3,10-12H. The maximum atomic E-state index is 11.2. The Labute approximate surface area is 99.7 Å². The molecule has 0 unspecified atom stereocenters. The second-order valence-electron chi connectivity index (χ2n) is 3.05. The highest BCUT2D eigenvalue weighted by molar-refractivity contribution is 6.04. The van der Waals surface area contributed by atoms with Crippen LogP contribution in [-0.4, -0.2) is 17.7 Å². The molecule has 0 bridgehead atoms. The first-order valence-corrected chi connectivity index (χ1v) is 4.44. The van der Waals surface area contributed by atoms with Crippen LogP contribution < -0.4 is 0 Å². The maximum Gasteiger partial charge on any atom is 0.294 e. The predicted octanol–water partition coefficient (Wildman–Crippen LogP) is 2.20. The second-order valence-corrected chi connectivity index (χ2v) is 3.05.